The van der Waals surface area contributed by atoms with Gasteiger partial charge in [-0.05, 0) is 35.2 Å². The molecule has 0 aliphatic carbocycles. The highest BCUT2D eigenvalue weighted by Gasteiger charge is 2.21. The Morgan fingerprint density at radius 1 is 1.11 bits per heavy atom. The van der Waals surface area contributed by atoms with E-state index in [-0.39, 0.29) is 5.56 Å². The van der Waals surface area contributed by atoms with E-state index in [1.54, 1.807) is 36.8 Å². The Kier molecular flexibility index (Phi) is 6.13. The number of thiophene rings is 2. The lowest BCUT2D eigenvalue weighted by molar-refractivity contribution is -0.111. The van der Waals surface area contributed by atoms with Crippen LogP contribution < -0.4 is 14.8 Å². The quantitative estimate of drug-likeness (QED) is 0.539. The van der Waals surface area contributed by atoms with E-state index in [0.29, 0.717) is 22.1 Å². The summed E-state index contributed by atoms with van der Waals surface area (Å²) in [6.07, 6.45) is 2.96. The van der Waals surface area contributed by atoms with Crippen molar-refractivity contribution in [3.05, 3.63) is 58.3 Å². The molecule has 2 N–H and O–H groups in total. The van der Waals surface area contributed by atoms with Gasteiger partial charge in [-0.25, -0.2) is 4.79 Å². The molecule has 0 saturated carbocycles. The summed E-state index contributed by atoms with van der Waals surface area (Å²) in [4.78, 5) is 24.8. The topological polar surface area (TPSA) is 84.9 Å². The molecular formula is C20H17NO5S2. The van der Waals surface area contributed by atoms with Crippen molar-refractivity contribution >= 4 is 45.6 Å². The molecule has 0 radical (unpaired) electrons. The van der Waals surface area contributed by atoms with Gasteiger partial charge in [0.15, 0.2) is 11.5 Å². The summed E-state index contributed by atoms with van der Waals surface area (Å²) in [6, 6.07) is 8.97. The van der Waals surface area contributed by atoms with Crippen LogP contribution in [0, 0.1) is 0 Å². The van der Waals surface area contributed by atoms with Crippen LogP contribution in [0.4, 0.5) is 5.00 Å². The van der Waals surface area contributed by atoms with Crippen molar-refractivity contribution in [3.63, 3.8) is 0 Å². The van der Waals surface area contributed by atoms with Crippen LogP contribution in [0.1, 0.15) is 15.9 Å². The van der Waals surface area contributed by atoms with Gasteiger partial charge in [0.1, 0.15) is 10.6 Å². The monoisotopic (exact) mass is 415 g/mol. The zero-order valence-corrected chi connectivity index (χ0v) is 16.7. The van der Waals surface area contributed by atoms with Gasteiger partial charge in [-0.2, -0.15) is 0 Å². The van der Waals surface area contributed by atoms with Crippen LogP contribution in [0.15, 0.2) is 47.2 Å². The summed E-state index contributed by atoms with van der Waals surface area (Å²) in [6.45, 7) is 0. The fourth-order valence-corrected chi connectivity index (χ4v) is 4.34. The molecular weight excluding hydrogens is 398 g/mol. The first kappa shape index (κ1) is 19.7. The van der Waals surface area contributed by atoms with E-state index < -0.39 is 11.9 Å². The average molecular weight is 415 g/mol. The van der Waals surface area contributed by atoms with Gasteiger partial charge in [-0.3, -0.25) is 4.79 Å². The minimum atomic E-state index is -1.08. The summed E-state index contributed by atoms with van der Waals surface area (Å²) in [5.41, 5.74) is 1.45. The highest BCUT2D eigenvalue weighted by Crippen LogP contribution is 2.37. The van der Waals surface area contributed by atoms with Gasteiger partial charge >= 0.3 is 5.97 Å². The number of carbonyl (C=O) groups excluding carboxylic acids is 1. The number of carbonyl (C=O) groups is 2. The van der Waals surface area contributed by atoms with Crippen molar-refractivity contribution in [3.8, 4) is 21.9 Å². The van der Waals surface area contributed by atoms with E-state index in [4.69, 9.17) is 9.47 Å². The molecule has 0 fully saturated rings. The molecule has 1 amide bonds. The van der Waals surface area contributed by atoms with E-state index in [9.17, 15) is 14.7 Å². The number of benzene rings is 1. The van der Waals surface area contributed by atoms with Crippen LogP contribution >= 0.6 is 22.7 Å². The van der Waals surface area contributed by atoms with E-state index >= 15 is 0 Å². The number of rotatable bonds is 7. The average Bonchev–Trinajstić information content (AvgIpc) is 3.35. The number of hydrogen-bond donors (Lipinski definition) is 2. The fraction of sp³-hybridized carbons (Fsp3) is 0.100. The Morgan fingerprint density at radius 2 is 1.89 bits per heavy atom. The zero-order chi connectivity index (χ0) is 20.1. The number of carboxylic acid groups (broad SMARTS) is 1. The van der Waals surface area contributed by atoms with Gasteiger partial charge in [-0.1, -0.05) is 12.1 Å². The molecule has 0 unspecified atom stereocenters. The van der Waals surface area contributed by atoms with E-state index in [1.165, 1.54) is 35.9 Å². The van der Waals surface area contributed by atoms with Crippen LogP contribution in [-0.4, -0.2) is 31.2 Å². The second-order valence-corrected chi connectivity index (χ2v) is 7.40. The first-order valence-electron chi connectivity index (χ1n) is 8.13. The van der Waals surface area contributed by atoms with Crippen molar-refractivity contribution in [1.82, 2.24) is 0 Å². The smallest absolute Gasteiger partial charge is 0.339 e. The van der Waals surface area contributed by atoms with Gasteiger partial charge in [-0.15, -0.1) is 22.7 Å². The number of methoxy groups -OCH3 is 2. The number of anilines is 1. The summed E-state index contributed by atoms with van der Waals surface area (Å²) in [7, 11) is 3.08. The number of aromatic carboxylic acids is 1. The van der Waals surface area contributed by atoms with Crippen molar-refractivity contribution in [2.75, 3.05) is 19.5 Å². The molecule has 0 aliphatic heterocycles. The molecule has 144 valence electrons. The molecule has 0 atom stereocenters. The van der Waals surface area contributed by atoms with E-state index in [2.05, 4.69) is 5.32 Å². The minimum Gasteiger partial charge on any atom is -0.493 e. The number of hydrogen-bond acceptors (Lipinski definition) is 6. The molecule has 6 nitrogen and oxygen atoms in total. The van der Waals surface area contributed by atoms with Crippen LogP contribution in [0.2, 0.25) is 0 Å². The predicted octanol–water partition coefficient (Wildman–Crippen LogP) is 4.84. The number of ether oxygens (including phenoxy) is 2. The summed E-state index contributed by atoms with van der Waals surface area (Å²) < 4.78 is 10.4. The summed E-state index contributed by atoms with van der Waals surface area (Å²) in [5.74, 6) is -0.354. The Hall–Kier alpha value is -3.10. The number of nitrogens with one attached hydrogen (secondary N) is 1. The largest absolute Gasteiger partial charge is 0.493 e. The molecule has 0 spiro atoms. The fourth-order valence-electron chi connectivity index (χ4n) is 2.56. The number of carboxylic acids is 1. The Labute approximate surface area is 169 Å². The van der Waals surface area contributed by atoms with E-state index in [0.717, 1.165) is 10.4 Å². The Balaban J connectivity index is 1.78. The minimum absolute atomic E-state index is 0.0975. The highest BCUT2D eigenvalue weighted by atomic mass is 32.1. The van der Waals surface area contributed by atoms with E-state index in [1.807, 2.05) is 17.5 Å². The predicted molar refractivity (Wildman–Crippen MR) is 112 cm³/mol. The normalized spacial score (nSPS) is 10.8. The molecule has 1 aromatic carbocycles. The second-order valence-electron chi connectivity index (χ2n) is 5.57. The first-order valence-corrected chi connectivity index (χ1v) is 9.89. The van der Waals surface area contributed by atoms with Crippen molar-refractivity contribution in [2.24, 2.45) is 0 Å². The molecule has 2 aromatic heterocycles. The lowest BCUT2D eigenvalue weighted by Crippen LogP contribution is -2.10. The van der Waals surface area contributed by atoms with Gasteiger partial charge in [0.2, 0.25) is 5.91 Å². The summed E-state index contributed by atoms with van der Waals surface area (Å²) in [5, 5.41) is 16.2. The Bertz CT molecular complexity index is 1020. The first-order chi connectivity index (χ1) is 13.5. The third-order valence-electron chi connectivity index (χ3n) is 3.86. The lowest BCUT2D eigenvalue weighted by Gasteiger charge is -2.07. The third kappa shape index (κ3) is 4.24. The lowest BCUT2D eigenvalue weighted by atomic mass is 10.1. The second kappa shape index (κ2) is 8.73. The maximum atomic E-state index is 12.3. The van der Waals surface area contributed by atoms with Gasteiger partial charge in [0.25, 0.3) is 0 Å². The molecule has 3 aromatic rings. The van der Waals surface area contributed by atoms with Crippen molar-refractivity contribution in [2.45, 2.75) is 0 Å². The molecule has 0 saturated heterocycles. The van der Waals surface area contributed by atoms with Gasteiger partial charge in [0.05, 0.1) is 14.2 Å². The molecule has 8 heteroatoms. The maximum Gasteiger partial charge on any atom is 0.339 e. The van der Waals surface area contributed by atoms with Gasteiger partial charge < -0.3 is 19.9 Å². The number of amides is 1. The molecule has 28 heavy (non-hydrogen) atoms. The highest BCUT2D eigenvalue weighted by molar-refractivity contribution is 7.17. The Morgan fingerprint density at radius 3 is 2.54 bits per heavy atom. The SMILES string of the molecule is COc1ccc(/C=C/C(=O)Nc2scc(-c3cccs3)c2C(=O)O)cc1OC. The standard InChI is InChI=1S/C20H17NO5S2/c1-25-14-7-5-12(10-15(14)26-2)6-8-17(22)21-19-18(20(23)24)13(11-28-19)16-4-3-9-27-16/h3-11H,1-2H3,(H,21,22)(H,23,24)/b8-6+. The summed E-state index contributed by atoms with van der Waals surface area (Å²) >= 11 is 2.64. The van der Waals surface area contributed by atoms with Crippen LogP contribution in [0.25, 0.3) is 16.5 Å². The molecule has 0 aliphatic rings. The molecule has 3 rings (SSSR count). The molecule has 0 bridgehead atoms. The van der Waals surface area contributed by atoms with Crippen LogP contribution in [-0.2, 0) is 4.79 Å². The maximum absolute atomic E-state index is 12.3. The van der Waals surface area contributed by atoms with Crippen molar-refractivity contribution < 1.29 is 24.2 Å². The van der Waals surface area contributed by atoms with Crippen molar-refractivity contribution in [1.29, 1.82) is 0 Å². The third-order valence-corrected chi connectivity index (χ3v) is 5.66. The zero-order valence-electron chi connectivity index (χ0n) is 15.1. The molecule has 2 heterocycles. The van der Waals surface area contributed by atoms with Gasteiger partial charge in [0, 0.05) is 21.9 Å². The van der Waals surface area contributed by atoms with Crippen LogP contribution in [0.5, 0.6) is 11.5 Å². The van der Waals surface area contributed by atoms with Crippen LogP contribution in [0.3, 0.4) is 0 Å².